The number of anilines is 2. The number of nitrogens with one attached hydrogen (secondary N) is 2. The van der Waals surface area contributed by atoms with Gasteiger partial charge in [0.1, 0.15) is 30.6 Å². The van der Waals surface area contributed by atoms with E-state index in [0.717, 1.165) is 30.4 Å². The summed E-state index contributed by atoms with van der Waals surface area (Å²) in [6.07, 6.45) is 5.13. The Morgan fingerprint density at radius 3 is 2.47 bits per heavy atom. The molecule has 2 atom stereocenters. The zero-order valence-corrected chi connectivity index (χ0v) is 30.0. The minimum absolute atomic E-state index is 0.0843. The van der Waals surface area contributed by atoms with Crippen molar-refractivity contribution in [3.8, 4) is 11.4 Å². The van der Waals surface area contributed by atoms with Crippen molar-refractivity contribution in [2.75, 3.05) is 55.7 Å². The monoisotopic (exact) mass is 738 g/mol. The highest BCUT2D eigenvalue weighted by atomic mass is 35.5. The molecule has 1 aromatic heterocycles. The van der Waals surface area contributed by atoms with Crippen LogP contribution >= 0.6 is 23.2 Å². The first-order valence-corrected chi connectivity index (χ1v) is 17.7. The number of nitrogens with zero attached hydrogens (tertiary/aromatic N) is 6. The summed E-state index contributed by atoms with van der Waals surface area (Å²) >= 11 is 12.6. The maximum absolute atomic E-state index is 15.4. The highest BCUT2D eigenvalue weighted by Crippen LogP contribution is 2.39. The van der Waals surface area contributed by atoms with Crippen molar-refractivity contribution in [1.29, 1.82) is 5.41 Å². The molecule has 3 heterocycles. The molecule has 2 aliphatic heterocycles. The van der Waals surface area contributed by atoms with Crippen LogP contribution in [0.25, 0.3) is 5.69 Å². The molecule has 4 aromatic rings. The van der Waals surface area contributed by atoms with Crippen LogP contribution in [0.4, 0.5) is 15.8 Å². The Labute approximate surface area is 305 Å². The Morgan fingerprint density at radius 1 is 1.06 bits per heavy atom. The van der Waals surface area contributed by atoms with Crippen LogP contribution in [0.2, 0.25) is 10.0 Å². The van der Waals surface area contributed by atoms with E-state index in [0.29, 0.717) is 53.2 Å². The molecule has 2 fully saturated rings. The van der Waals surface area contributed by atoms with Crippen LogP contribution < -0.4 is 25.7 Å². The largest absolute Gasteiger partial charge is 0.491 e. The third kappa shape index (κ3) is 8.06. The van der Waals surface area contributed by atoms with Crippen LogP contribution in [0.5, 0.6) is 5.75 Å². The van der Waals surface area contributed by atoms with Crippen molar-refractivity contribution in [3.05, 3.63) is 98.9 Å². The van der Waals surface area contributed by atoms with Gasteiger partial charge in [0.05, 0.1) is 41.8 Å². The molecule has 0 radical (unpaired) electrons. The molecule has 0 unspecified atom stereocenters. The number of ether oxygens (including phenoxy) is 3. The normalized spacial score (nSPS) is 19.3. The van der Waals surface area contributed by atoms with E-state index in [1.807, 2.05) is 29.2 Å². The molecule has 2 aliphatic rings. The lowest BCUT2D eigenvalue weighted by Gasteiger charge is -2.37. The van der Waals surface area contributed by atoms with Gasteiger partial charge in [-0.3, -0.25) is 0 Å². The SMILES string of the molecule is CCC(CC)n1ncn(-c2ccc(N3CCN(c4ccc(OC[C@@H]5CO[C@@](CN/N=C\C=N)(c6ccc(Cl)cc6Cl)O5)cc4F)CC3)cc2)c1=O. The highest BCUT2D eigenvalue weighted by Gasteiger charge is 2.45. The lowest BCUT2D eigenvalue weighted by molar-refractivity contribution is -0.175. The van der Waals surface area contributed by atoms with Gasteiger partial charge in [0, 0.05) is 54.7 Å². The summed E-state index contributed by atoms with van der Waals surface area (Å²) in [5, 5.41) is 16.3. The predicted molar refractivity (Wildman–Crippen MR) is 198 cm³/mol. The molecular formula is C36H41Cl2FN8O4. The van der Waals surface area contributed by atoms with Gasteiger partial charge in [0.25, 0.3) is 0 Å². The molecule has 270 valence electrons. The molecule has 12 nitrogen and oxygen atoms in total. The molecule has 3 aromatic carbocycles. The lowest BCUT2D eigenvalue weighted by Crippen LogP contribution is -2.46. The minimum atomic E-state index is -1.27. The van der Waals surface area contributed by atoms with E-state index >= 15 is 4.39 Å². The van der Waals surface area contributed by atoms with Crippen LogP contribution in [-0.4, -0.2) is 78.8 Å². The highest BCUT2D eigenvalue weighted by molar-refractivity contribution is 6.35. The van der Waals surface area contributed by atoms with E-state index in [1.54, 1.807) is 45.9 Å². The average Bonchev–Trinajstić information content (AvgIpc) is 3.74. The van der Waals surface area contributed by atoms with Crippen LogP contribution in [0, 0.1) is 11.2 Å². The summed E-state index contributed by atoms with van der Waals surface area (Å²) in [6, 6.07) is 17.9. The van der Waals surface area contributed by atoms with E-state index in [1.165, 1.54) is 12.3 Å². The summed E-state index contributed by atoms with van der Waals surface area (Å²) in [5.41, 5.74) is 5.59. The lowest BCUT2D eigenvalue weighted by atomic mass is 10.1. The molecule has 0 bridgehead atoms. The van der Waals surface area contributed by atoms with Crippen LogP contribution in [0.3, 0.4) is 0 Å². The molecule has 2 N–H and O–H groups in total. The summed E-state index contributed by atoms with van der Waals surface area (Å²) in [4.78, 5) is 17.2. The van der Waals surface area contributed by atoms with Gasteiger partial charge in [0.2, 0.25) is 5.79 Å². The molecule has 0 amide bonds. The second-order valence-corrected chi connectivity index (χ2v) is 13.2. The van der Waals surface area contributed by atoms with Gasteiger partial charge in [-0.15, -0.1) is 0 Å². The third-order valence-electron chi connectivity index (χ3n) is 9.20. The fourth-order valence-corrected chi connectivity index (χ4v) is 7.00. The summed E-state index contributed by atoms with van der Waals surface area (Å²) in [6.45, 7) is 7.24. The fraction of sp³-hybridized carbons (Fsp3) is 0.389. The zero-order chi connectivity index (χ0) is 36.0. The number of aromatic nitrogens is 3. The van der Waals surface area contributed by atoms with Crippen LogP contribution in [0.15, 0.2) is 76.9 Å². The van der Waals surface area contributed by atoms with Crippen molar-refractivity contribution in [2.24, 2.45) is 5.10 Å². The van der Waals surface area contributed by atoms with E-state index in [2.05, 4.69) is 34.4 Å². The van der Waals surface area contributed by atoms with Gasteiger partial charge in [-0.2, -0.15) is 10.2 Å². The fourth-order valence-electron chi connectivity index (χ4n) is 6.45. The van der Waals surface area contributed by atoms with Crippen molar-refractivity contribution in [1.82, 2.24) is 19.8 Å². The van der Waals surface area contributed by atoms with E-state index in [4.69, 9.17) is 42.8 Å². The maximum Gasteiger partial charge on any atom is 0.350 e. The molecule has 6 rings (SSSR count). The van der Waals surface area contributed by atoms with Gasteiger partial charge >= 0.3 is 5.69 Å². The molecule has 0 spiro atoms. The molecule has 2 saturated heterocycles. The van der Waals surface area contributed by atoms with Crippen molar-refractivity contribution in [3.63, 3.8) is 0 Å². The number of hydrogen-bond donors (Lipinski definition) is 2. The number of hydrogen-bond acceptors (Lipinski definition) is 10. The third-order valence-corrected chi connectivity index (χ3v) is 9.75. The summed E-state index contributed by atoms with van der Waals surface area (Å²) < 4.78 is 36.9. The minimum Gasteiger partial charge on any atom is -0.491 e. The van der Waals surface area contributed by atoms with Gasteiger partial charge in [0.15, 0.2) is 0 Å². The van der Waals surface area contributed by atoms with Crippen LogP contribution in [0.1, 0.15) is 38.3 Å². The van der Waals surface area contributed by atoms with Crippen molar-refractivity contribution in [2.45, 2.75) is 44.6 Å². The maximum atomic E-state index is 15.4. The second kappa shape index (κ2) is 16.3. The Bertz CT molecular complexity index is 1890. The van der Waals surface area contributed by atoms with E-state index in [9.17, 15) is 4.79 Å². The summed E-state index contributed by atoms with van der Waals surface area (Å²) in [5.74, 6) is -1.27. The van der Waals surface area contributed by atoms with Crippen molar-refractivity contribution < 1.29 is 18.6 Å². The number of rotatable bonds is 14. The molecule has 0 saturated carbocycles. The number of benzene rings is 3. The molecule has 0 aliphatic carbocycles. The molecular weight excluding hydrogens is 698 g/mol. The Balaban J connectivity index is 1.03. The van der Waals surface area contributed by atoms with Gasteiger partial charge in [-0.25, -0.2) is 18.4 Å². The first-order valence-electron chi connectivity index (χ1n) is 17.0. The topological polar surface area (TPSA) is 122 Å². The second-order valence-electron chi connectivity index (χ2n) is 12.3. The first-order chi connectivity index (χ1) is 24.7. The molecule has 15 heteroatoms. The van der Waals surface area contributed by atoms with Gasteiger partial charge < -0.3 is 34.8 Å². The quantitative estimate of drug-likeness (QED) is 0.119. The predicted octanol–water partition coefficient (Wildman–Crippen LogP) is 6.04. The Morgan fingerprint density at radius 2 is 1.78 bits per heavy atom. The number of hydrazone groups is 1. The molecule has 51 heavy (non-hydrogen) atoms. The van der Waals surface area contributed by atoms with Crippen LogP contribution in [-0.2, 0) is 15.3 Å². The Kier molecular flexibility index (Phi) is 11.6. The smallest absolute Gasteiger partial charge is 0.350 e. The standard InChI is InChI=1S/C36H41Cl2FN8O4/c1-3-26(4-2)47-35(48)46(24-43-47)28-8-6-27(7-9-28)44-15-17-45(18-16-44)34-12-10-29(20-33(34)39)49-21-30-22-50-36(51-30,23-42-41-14-13-40)31-11-5-25(37)19-32(31)38/h5-14,19-20,24,26,30,40,42H,3-4,15-18,21-23H2,1-2H3/b40-13?,41-14-/t30-,36-/m1/s1. The Hall–Kier alpha value is -4.43. The average molecular weight is 740 g/mol. The van der Waals surface area contributed by atoms with Crippen molar-refractivity contribution >= 4 is 47.0 Å². The summed E-state index contributed by atoms with van der Waals surface area (Å²) in [7, 11) is 0. The first kappa shape index (κ1) is 36.4. The number of piperazine rings is 1. The van der Waals surface area contributed by atoms with E-state index < -0.39 is 11.9 Å². The van der Waals surface area contributed by atoms with E-state index in [-0.39, 0.29) is 37.3 Å². The zero-order valence-electron chi connectivity index (χ0n) is 28.5. The van der Waals surface area contributed by atoms with Gasteiger partial charge in [-0.1, -0.05) is 43.1 Å². The number of halogens is 3. The van der Waals surface area contributed by atoms with Gasteiger partial charge in [-0.05, 0) is 61.4 Å².